The number of nitrogens with one attached hydrogen (secondary N) is 1. The number of amides is 1. The summed E-state index contributed by atoms with van der Waals surface area (Å²) in [6.07, 6.45) is -0.313. The number of ether oxygens (including phenoxy) is 2. The van der Waals surface area contributed by atoms with Gasteiger partial charge in [0, 0.05) is 11.9 Å². The van der Waals surface area contributed by atoms with Crippen LogP contribution in [-0.4, -0.2) is 39.5 Å². The van der Waals surface area contributed by atoms with E-state index in [1.807, 2.05) is 37.6 Å². The van der Waals surface area contributed by atoms with Crippen molar-refractivity contribution in [2.75, 3.05) is 18.2 Å². The third-order valence-corrected chi connectivity index (χ3v) is 6.92. The lowest BCUT2D eigenvalue weighted by molar-refractivity contribution is -0.113. The summed E-state index contributed by atoms with van der Waals surface area (Å²) in [5, 5.41) is 12.3. The summed E-state index contributed by atoms with van der Waals surface area (Å²) < 4.78 is 12.6. The van der Waals surface area contributed by atoms with Gasteiger partial charge >= 0.3 is 5.97 Å². The minimum atomic E-state index is -0.479. The minimum absolute atomic E-state index is 0.120. The van der Waals surface area contributed by atoms with Gasteiger partial charge in [-0.2, -0.15) is 0 Å². The second-order valence-electron chi connectivity index (χ2n) is 7.81. The third kappa shape index (κ3) is 6.14. The largest absolute Gasteiger partial charge is 0.483 e. The molecule has 10 heteroatoms. The summed E-state index contributed by atoms with van der Waals surface area (Å²) in [7, 11) is 3.16. The summed E-state index contributed by atoms with van der Waals surface area (Å²) in [5.41, 5.74) is 1.61. The Morgan fingerprint density at radius 1 is 1.18 bits per heavy atom. The second kappa shape index (κ2) is 10.8. The fourth-order valence-corrected chi connectivity index (χ4v) is 4.79. The maximum absolute atomic E-state index is 12.5. The zero-order valence-corrected chi connectivity index (χ0v) is 21.2. The van der Waals surface area contributed by atoms with E-state index in [4.69, 9.17) is 9.47 Å². The number of benzene rings is 1. The molecule has 2 heterocycles. The van der Waals surface area contributed by atoms with Gasteiger partial charge in [-0.05, 0) is 43.5 Å². The fraction of sp³-hybridized carbons (Fsp3) is 0.391. The highest BCUT2D eigenvalue weighted by Gasteiger charge is 2.20. The maximum atomic E-state index is 12.5. The molecule has 0 saturated carbocycles. The molecule has 0 radical (unpaired) electrons. The van der Waals surface area contributed by atoms with Crippen LogP contribution in [0.25, 0.3) is 0 Å². The summed E-state index contributed by atoms with van der Waals surface area (Å²) in [4.78, 5) is 25.3. The van der Waals surface area contributed by atoms with E-state index in [2.05, 4.69) is 41.5 Å². The molecule has 0 bridgehead atoms. The standard InChI is InChI=1S/C23H28N4O4S2/c1-13(2)16-7-9-17(10-8-16)31-15(4)20-25-26-23(27(20)5)32-12-19(28)24-21-18(22(29)30-6)11-14(3)33-21/h7-11,13,15H,12H2,1-6H3,(H,24,28). The van der Waals surface area contributed by atoms with Crippen LogP contribution in [0, 0.1) is 6.92 Å². The van der Waals surface area contributed by atoms with Gasteiger partial charge in [0.05, 0.1) is 18.4 Å². The Kier molecular flexibility index (Phi) is 8.15. The number of carbonyl (C=O) groups is 2. The molecule has 1 N–H and O–H groups in total. The molecule has 0 spiro atoms. The quantitative estimate of drug-likeness (QED) is 0.336. The Morgan fingerprint density at radius 3 is 2.52 bits per heavy atom. The maximum Gasteiger partial charge on any atom is 0.340 e. The van der Waals surface area contributed by atoms with Crippen LogP contribution in [0.1, 0.15) is 59.4 Å². The lowest BCUT2D eigenvalue weighted by Gasteiger charge is -2.15. The van der Waals surface area contributed by atoms with E-state index >= 15 is 0 Å². The highest BCUT2D eigenvalue weighted by atomic mass is 32.2. The topological polar surface area (TPSA) is 95.3 Å². The first kappa shape index (κ1) is 24.8. The van der Waals surface area contributed by atoms with E-state index < -0.39 is 5.97 Å². The first-order valence-corrected chi connectivity index (χ1v) is 12.3. The molecule has 176 valence electrons. The van der Waals surface area contributed by atoms with Crippen molar-refractivity contribution < 1.29 is 19.1 Å². The Hall–Kier alpha value is -2.85. The minimum Gasteiger partial charge on any atom is -0.483 e. The van der Waals surface area contributed by atoms with Gasteiger partial charge in [-0.15, -0.1) is 21.5 Å². The molecular weight excluding hydrogens is 460 g/mol. The third-order valence-electron chi connectivity index (χ3n) is 4.94. The second-order valence-corrected chi connectivity index (χ2v) is 10.0. The molecule has 8 nitrogen and oxygen atoms in total. The zero-order chi connectivity index (χ0) is 24.1. The van der Waals surface area contributed by atoms with Crippen molar-refractivity contribution in [1.82, 2.24) is 14.8 Å². The van der Waals surface area contributed by atoms with Crippen molar-refractivity contribution in [1.29, 1.82) is 0 Å². The van der Waals surface area contributed by atoms with Gasteiger partial charge in [-0.3, -0.25) is 4.79 Å². The SMILES string of the molecule is COC(=O)c1cc(C)sc1NC(=O)CSc1nnc(C(C)Oc2ccc(C(C)C)cc2)n1C. The molecule has 0 saturated heterocycles. The summed E-state index contributed by atoms with van der Waals surface area (Å²) in [6, 6.07) is 9.73. The average Bonchev–Trinajstić information content (AvgIpc) is 3.33. The van der Waals surface area contributed by atoms with Gasteiger partial charge in [-0.25, -0.2) is 4.79 Å². The first-order valence-electron chi connectivity index (χ1n) is 10.5. The van der Waals surface area contributed by atoms with Crippen LogP contribution in [0.4, 0.5) is 5.00 Å². The normalized spacial score (nSPS) is 12.0. The summed E-state index contributed by atoms with van der Waals surface area (Å²) in [5.74, 6) is 1.28. The molecule has 1 unspecified atom stereocenters. The van der Waals surface area contributed by atoms with Crippen molar-refractivity contribution >= 4 is 40.0 Å². The van der Waals surface area contributed by atoms with Crippen molar-refractivity contribution in [3.63, 3.8) is 0 Å². The van der Waals surface area contributed by atoms with Gasteiger partial charge in [0.25, 0.3) is 0 Å². The summed E-state index contributed by atoms with van der Waals surface area (Å²) in [6.45, 7) is 8.08. The smallest absolute Gasteiger partial charge is 0.340 e. The number of aryl methyl sites for hydroxylation is 1. The molecule has 0 aliphatic rings. The molecule has 1 amide bonds. The van der Waals surface area contributed by atoms with Gasteiger partial charge < -0.3 is 19.4 Å². The van der Waals surface area contributed by atoms with Crippen molar-refractivity contribution in [3.05, 3.63) is 52.2 Å². The Bertz CT molecular complexity index is 1120. The van der Waals surface area contributed by atoms with Gasteiger partial charge in [0.2, 0.25) is 5.91 Å². The van der Waals surface area contributed by atoms with Crippen LogP contribution < -0.4 is 10.1 Å². The van der Waals surface area contributed by atoms with Gasteiger partial charge in [-0.1, -0.05) is 37.7 Å². The number of hydrogen-bond donors (Lipinski definition) is 1. The number of aromatic nitrogens is 3. The predicted molar refractivity (Wildman–Crippen MR) is 130 cm³/mol. The molecule has 3 aromatic rings. The number of methoxy groups -OCH3 is 1. The van der Waals surface area contributed by atoms with E-state index in [0.717, 1.165) is 10.6 Å². The monoisotopic (exact) mass is 488 g/mol. The molecule has 1 aromatic carbocycles. The predicted octanol–water partition coefficient (Wildman–Crippen LogP) is 4.97. The van der Waals surface area contributed by atoms with Crippen LogP contribution >= 0.6 is 23.1 Å². The van der Waals surface area contributed by atoms with Crippen LogP contribution in [-0.2, 0) is 16.6 Å². The average molecular weight is 489 g/mol. The highest BCUT2D eigenvalue weighted by molar-refractivity contribution is 7.99. The van der Waals surface area contributed by atoms with E-state index in [1.54, 1.807) is 6.07 Å². The molecular formula is C23H28N4O4S2. The van der Waals surface area contributed by atoms with Crippen LogP contribution in [0.15, 0.2) is 35.5 Å². The number of hydrogen-bond acceptors (Lipinski definition) is 8. The molecule has 2 aromatic heterocycles. The Morgan fingerprint density at radius 2 is 1.88 bits per heavy atom. The lowest BCUT2D eigenvalue weighted by atomic mass is 10.0. The highest BCUT2D eigenvalue weighted by Crippen LogP contribution is 2.29. The molecule has 33 heavy (non-hydrogen) atoms. The van der Waals surface area contributed by atoms with Crippen LogP contribution in [0.2, 0.25) is 0 Å². The number of thiophene rings is 1. The van der Waals surface area contributed by atoms with E-state index in [-0.39, 0.29) is 17.8 Å². The number of carbonyl (C=O) groups excluding carboxylic acids is 2. The Balaban J connectivity index is 1.59. The first-order chi connectivity index (χ1) is 15.7. The fourth-order valence-electron chi connectivity index (χ4n) is 3.16. The Labute approximate surface area is 201 Å². The number of nitrogens with zero attached hydrogens (tertiary/aromatic N) is 3. The van der Waals surface area contributed by atoms with Crippen LogP contribution in [0.3, 0.4) is 0 Å². The van der Waals surface area contributed by atoms with E-state index in [9.17, 15) is 9.59 Å². The molecule has 0 aliphatic heterocycles. The number of esters is 1. The van der Waals surface area contributed by atoms with Gasteiger partial charge in [0.15, 0.2) is 17.1 Å². The molecule has 0 fully saturated rings. The van der Waals surface area contributed by atoms with Crippen molar-refractivity contribution in [3.8, 4) is 5.75 Å². The van der Waals surface area contributed by atoms with Gasteiger partial charge in [0.1, 0.15) is 10.8 Å². The number of thioether (sulfide) groups is 1. The lowest BCUT2D eigenvalue weighted by Crippen LogP contribution is -2.16. The van der Waals surface area contributed by atoms with Crippen molar-refractivity contribution in [2.24, 2.45) is 7.05 Å². The molecule has 3 rings (SSSR count). The van der Waals surface area contributed by atoms with Crippen molar-refractivity contribution in [2.45, 2.75) is 44.9 Å². The molecule has 1 atom stereocenters. The number of anilines is 1. The zero-order valence-electron chi connectivity index (χ0n) is 19.5. The number of rotatable bonds is 9. The summed E-state index contributed by atoms with van der Waals surface area (Å²) >= 11 is 2.59. The van der Waals surface area contributed by atoms with Crippen LogP contribution in [0.5, 0.6) is 5.75 Å². The van der Waals surface area contributed by atoms with E-state index in [0.29, 0.717) is 27.5 Å². The van der Waals surface area contributed by atoms with E-state index in [1.165, 1.54) is 35.8 Å². The molecule has 0 aliphatic carbocycles.